The molecule has 1 N–H and O–H groups in total. The smallest absolute Gasteiger partial charge is 0.270 e. The van der Waals surface area contributed by atoms with Gasteiger partial charge in [0.15, 0.2) is 0 Å². The van der Waals surface area contributed by atoms with Crippen molar-refractivity contribution in [3.63, 3.8) is 0 Å². The molecule has 0 spiro atoms. The van der Waals surface area contributed by atoms with Crippen molar-refractivity contribution < 1.29 is 14.4 Å². The van der Waals surface area contributed by atoms with Gasteiger partial charge in [-0.3, -0.25) is 14.4 Å². The quantitative estimate of drug-likeness (QED) is 0.786. The molecule has 1 unspecified atom stereocenters. The highest BCUT2D eigenvalue weighted by Gasteiger charge is 2.38. The van der Waals surface area contributed by atoms with Gasteiger partial charge < -0.3 is 10.2 Å². The van der Waals surface area contributed by atoms with E-state index < -0.39 is 0 Å². The van der Waals surface area contributed by atoms with Crippen LogP contribution in [0.4, 0.5) is 0 Å². The van der Waals surface area contributed by atoms with Crippen LogP contribution >= 0.6 is 0 Å². The summed E-state index contributed by atoms with van der Waals surface area (Å²) < 4.78 is 0. The minimum Gasteiger partial charge on any atom is -0.352 e. The molecule has 3 aliphatic rings. The van der Waals surface area contributed by atoms with Crippen molar-refractivity contribution >= 4 is 23.4 Å². The van der Waals surface area contributed by atoms with Gasteiger partial charge in [-0.15, -0.1) is 0 Å². The lowest BCUT2D eigenvalue weighted by Gasteiger charge is -2.26. The topological polar surface area (TPSA) is 82.1 Å². The lowest BCUT2D eigenvalue weighted by Crippen LogP contribution is -2.49. The minimum absolute atomic E-state index is 0.0517. The van der Waals surface area contributed by atoms with Crippen molar-refractivity contribution in [2.24, 2.45) is 5.10 Å². The van der Waals surface area contributed by atoms with E-state index in [-0.39, 0.29) is 23.8 Å². The Hall–Kier alpha value is -1.92. The Labute approximate surface area is 123 Å². The molecular weight excluding hydrogens is 272 g/mol. The molecule has 7 nitrogen and oxygen atoms in total. The standard InChI is InChI=1S/C14H20N4O3/c1-17-12(19)7-6-10(16-17)14(21)18-8-2-3-11(18)13(20)15-9-4-5-9/h9,11H,2-8H2,1H3,(H,15,20). The Morgan fingerprint density at radius 3 is 2.67 bits per heavy atom. The zero-order chi connectivity index (χ0) is 15.0. The summed E-state index contributed by atoms with van der Waals surface area (Å²) in [6, 6.07) is -0.0884. The summed E-state index contributed by atoms with van der Waals surface area (Å²) in [5, 5.41) is 8.23. The van der Waals surface area contributed by atoms with E-state index in [4.69, 9.17) is 0 Å². The number of carbonyl (C=O) groups excluding carboxylic acids is 3. The summed E-state index contributed by atoms with van der Waals surface area (Å²) >= 11 is 0. The molecule has 3 rings (SSSR count). The van der Waals surface area contributed by atoms with E-state index in [1.807, 2.05) is 0 Å². The summed E-state index contributed by atoms with van der Waals surface area (Å²) in [5.41, 5.74) is 0.378. The van der Waals surface area contributed by atoms with E-state index in [9.17, 15) is 14.4 Å². The van der Waals surface area contributed by atoms with Crippen molar-refractivity contribution in [2.75, 3.05) is 13.6 Å². The molecule has 21 heavy (non-hydrogen) atoms. The molecule has 0 aromatic rings. The van der Waals surface area contributed by atoms with E-state index in [0.29, 0.717) is 37.6 Å². The first kappa shape index (κ1) is 14.0. The van der Waals surface area contributed by atoms with E-state index in [2.05, 4.69) is 10.4 Å². The van der Waals surface area contributed by atoms with Gasteiger partial charge in [-0.1, -0.05) is 0 Å². The minimum atomic E-state index is -0.385. The van der Waals surface area contributed by atoms with Gasteiger partial charge in [0.05, 0.1) is 0 Å². The highest BCUT2D eigenvalue weighted by molar-refractivity contribution is 6.39. The molecule has 1 saturated heterocycles. The Bertz CT molecular complexity index is 512. The van der Waals surface area contributed by atoms with Crippen molar-refractivity contribution in [2.45, 2.75) is 50.6 Å². The third-order valence-corrected chi connectivity index (χ3v) is 4.19. The molecule has 1 saturated carbocycles. The number of nitrogens with one attached hydrogen (secondary N) is 1. The van der Waals surface area contributed by atoms with Crippen LogP contribution in [0.25, 0.3) is 0 Å². The first-order chi connectivity index (χ1) is 10.1. The number of nitrogens with zero attached hydrogens (tertiary/aromatic N) is 3. The fourth-order valence-corrected chi connectivity index (χ4v) is 2.80. The summed E-state index contributed by atoms with van der Waals surface area (Å²) in [6.45, 7) is 0.582. The Kier molecular flexibility index (Phi) is 3.65. The average molecular weight is 292 g/mol. The first-order valence-electron chi connectivity index (χ1n) is 7.51. The second-order valence-electron chi connectivity index (χ2n) is 5.90. The number of likely N-dealkylation sites (tertiary alicyclic amines) is 1. The zero-order valence-electron chi connectivity index (χ0n) is 12.2. The molecule has 114 valence electrons. The number of hydrogen-bond donors (Lipinski definition) is 1. The molecule has 1 aliphatic carbocycles. The van der Waals surface area contributed by atoms with Crippen LogP contribution < -0.4 is 5.32 Å². The molecule has 1 atom stereocenters. The lowest BCUT2D eigenvalue weighted by atomic mass is 10.1. The van der Waals surface area contributed by atoms with Gasteiger partial charge in [-0.2, -0.15) is 5.10 Å². The van der Waals surface area contributed by atoms with Crippen LogP contribution in [0.3, 0.4) is 0 Å². The van der Waals surface area contributed by atoms with Crippen LogP contribution in [0.2, 0.25) is 0 Å². The molecule has 2 heterocycles. The fourth-order valence-electron chi connectivity index (χ4n) is 2.80. The molecule has 2 aliphatic heterocycles. The lowest BCUT2D eigenvalue weighted by molar-refractivity contribution is -0.135. The summed E-state index contributed by atoms with van der Waals surface area (Å²) in [7, 11) is 1.55. The monoisotopic (exact) mass is 292 g/mol. The highest BCUT2D eigenvalue weighted by atomic mass is 16.2. The molecule has 0 aromatic heterocycles. The maximum Gasteiger partial charge on any atom is 0.270 e. The third-order valence-electron chi connectivity index (χ3n) is 4.19. The number of hydrazone groups is 1. The second-order valence-corrected chi connectivity index (χ2v) is 5.90. The third kappa shape index (κ3) is 2.91. The number of amides is 3. The second kappa shape index (κ2) is 5.46. The van der Waals surface area contributed by atoms with Crippen LogP contribution in [0, 0.1) is 0 Å². The summed E-state index contributed by atoms with van der Waals surface area (Å²) in [6.07, 6.45) is 4.25. The van der Waals surface area contributed by atoms with Gasteiger partial charge in [-0.05, 0) is 25.7 Å². The van der Waals surface area contributed by atoms with Crippen LogP contribution in [-0.4, -0.2) is 59.0 Å². The van der Waals surface area contributed by atoms with Gasteiger partial charge in [0.25, 0.3) is 5.91 Å². The van der Waals surface area contributed by atoms with Crippen LogP contribution in [-0.2, 0) is 14.4 Å². The maximum atomic E-state index is 12.5. The van der Waals surface area contributed by atoms with E-state index in [0.717, 1.165) is 19.3 Å². The molecule has 2 fully saturated rings. The van der Waals surface area contributed by atoms with Crippen LogP contribution in [0.1, 0.15) is 38.5 Å². The van der Waals surface area contributed by atoms with Crippen molar-refractivity contribution in [1.29, 1.82) is 0 Å². The van der Waals surface area contributed by atoms with Crippen molar-refractivity contribution in [3.8, 4) is 0 Å². The average Bonchev–Trinajstić information content (AvgIpc) is 3.14. The zero-order valence-corrected chi connectivity index (χ0v) is 12.2. The van der Waals surface area contributed by atoms with Gasteiger partial charge in [-0.25, -0.2) is 5.01 Å². The Morgan fingerprint density at radius 1 is 1.24 bits per heavy atom. The summed E-state index contributed by atoms with van der Waals surface area (Å²) in [5.74, 6) is -0.344. The number of hydrogen-bond acceptors (Lipinski definition) is 4. The highest BCUT2D eigenvalue weighted by Crippen LogP contribution is 2.23. The number of rotatable bonds is 3. The first-order valence-corrected chi connectivity index (χ1v) is 7.51. The SMILES string of the molecule is CN1N=C(C(=O)N2CCCC2C(=O)NC2CC2)CCC1=O. The largest absolute Gasteiger partial charge is 0.352 e. The number of carbonyl (C=O) groups is 3. The van der Waals surface area contributed by atoms with Crippen molar-refractivity contribution in [3.05, 3.63) is 0 Å². The predicted molar refractivity (Wildman–Crippen MR) is 75.3 cm³/mol. The summed E-state index contributed by atoms with van der Waals surface area (Å²) in [4.78, 5) is 37.8. The maximum absolute atomic E-state index is 12.5. The fraction of sp³-hybridized carbons (Fsp3) is 0.714. The predicted octanol–water partition coefficient (Wildman–Crippen LogP) is -0.136. The molecule has 0 bridgehead atoms. The van der Waals surface area contributed by atoms with Gasteiger partial charge >= 0.3 is 0 Å². The van der Waals surface area contributed by atoms with E-state index in [1.54, 1.807) is 11.9 Å². The molecule has 3 amide bonds. The Balaban J connectivity index is 1.69. The van der Waals surface area contributed by atoms with Gasteiger partial charge in [0.2, 0.25) is 11.8 Å². The Morgan fingerprint density at radius 2 is 2.00 bits per heavy atom. The van der Waals surface area contributed by atoms with Gasteiger partial charge in [0.1, 0.15) is 11.8 Å². The van der Waals surface area contributed by atoms with E-state index in [1.165, 1.54) is 5.01 Å². The van der Waals surface area contributed by atoms with Crippen LogP contribution in [0.5, 0.6) is 0 Å². The van der Waals surface area contributed by atoms with Crippen molar-refractivity contribution in [1.82, 2.24) is 15.2 Å². The van der Waals surface area contributed by atoms with E-state index >= 15 is 0 Å². The molecule has 7 heteroatoms. The molecule has 0 aromatic carbocycles. The van der Waals surface area contributed by atoms with Gasteiger partial charge in [0, 0.05) is 32.5 Å². The normalized spacial score (nSPS) is 25.9. The molecular formula is C14H20N4O3. The molecule has 0 radical (unpaired) electrons. The van der Waals surface area contributed by atoms with Crippen LogP contribution in [0.15, 0.2) is 5.10 Å².